The Morgan fingerprint density at radius 1 is 1.46 bits per heavy atom. The fourth-order valence-corrected chi connectivity index (χ4v) is 1.90. The highest BCUT2D eigenvalue weighted by atomic mass is 35.5. The summed E-state index contributed by atoms with van der Waals surface area (Å²) in [5.74, 6) is 0. The lowest BCUT2D eigenvalue weighted by molar-refractivity contribution is 1.07. The number of nitrogens with zero attached hydrogens (tertiary/aromatic N) is 2. The fourth-order valence-electron chi connectivity index (χ4n) is 1.08. The Labute approximate surface area is 85.2 Å². The van der Waals surface area contributed by atoms with Crippen molar-refractivity contribution < 1.29 is 0 Å². The largest absolute Gasteiger partial charge is 0.244 e. The molecule has 0 spiro atoms. The highest BCUT2D eigenvalue weighted by Gasteiger charge is 2.02. The van der Waals surface area contributed by atoms with E-state index in [-0.39, 0.29) is 0 Å². The zero-order chi connectivity index (χ0) is 9.10. The van der Waals surface area contributed by atoms with Gasteiger partial charge in [-0.3, -0.25) is 0 Å². The molecule has 0 aliphatic rings. The number of thiophene rings is 1. The second-order valence-corrected chi connectivity index (χ2v) is 3.79. The first-order chi connectivity index (χ1) is 6.36. The molecule has 0 aromatic carbocycles. The molecule has 0 radical (unpaired) electrons. The molecule has 0 fully saturated rings. The molecular formula is C9H7ClN2S. The Bertz CT molecular complexity index is 386. The molecule has 0 N–H and O–H groups in total. The average Bonchev–Trinajstić information content (AvgIpc) is 2.61. The van der Waals surface area contributed by atoms with E-state index in [0.29, 0.717) is 5.15 Å². The van der Waals surface area contributed by atoms with Crippen molar-refractivity contribution in [3.63, 3.8) is 0 Å². The Kier molecular flexibility index (Phi) is 2.57. The van der Waals surface area contributed by atoms with Crippen molar-refractivity contribution in [2.24, 2.45) is 0 Å². The van der Waals surface area contributed by atoms with Gasteiger partial charge in [0.1, 0.15) is 11.5 Å². The SMILES string of the molecule is Clc1ncncc1Cc1ccsc1. The molecule has 0 bridgehead atoms. The van der Waals surface area contributed by atoms with Crippen molar-refractivity contribution >= 4 is 22.9 Å². The molecule has 0 aliphatic heterocycles. The first-order valence-electron chi connectivity index (χ1n) is 3.82. The van der Waals surface area contributed by atoms with Gasteiger partial charge in [0.05, 0.1) is 0 Å². The van der Waals surface area contributed by atoms with Crippen molar-refractivity contribution in [1.82, 2.24) is 9.97 Å². The van der Waals surface area contributed by atoms with Crippen molar-refractivity contribution in [3.8, 4) is 0 Å². The van der Waals surface area contributed by atoms with Gasteiger partial charge in [-0.15, -0.1) is 0 Å². The van der Waals surface area contributed by atoms with Crippen LogP contribution in [0.1, 0.15) is 11.1 Å². The third-order valence-corrected chi connectivity index (χ3v) is 2.78. The molecule has 2 aromatic heterocycles. The lowest BCUT2D eigenvalue weighted by Gasteiger charge is -1.99. The molecule has 2 aromatic rings. The zero-order valence-electron chi connectivity index (χ0n) is 6.77. The third kappa shape index (κ3) is 2.05. The monoisotopic (exact) mass is 210 g/mol. The maximum Gasteiger partial charge on any atom is 0.135 e. The van der Waals surface area contributed by atoms with Crippen LogP contribution in [0.3, 0.4) is 0 Å². The number of hydrogen-bond acceptors (Lipinski definition) is 3. The third-order valence-electron chi connectivity index (χ3n) is 1.71. The molecule has 66 valence electrons. The smallest absolute Gasteiger partial charge is 0.135 e. The molecule has 2 nitrogen and oxygen atoms in total. The van der Waals surface area contributed by atoms with Gasteiger partial charge in [0.15, 0.2) is 0 Å². The summed E-state index contributed by atoms with van der Waals surface area (Å²) in [5.41, 5.74) is 2.23. The van der Waals surface area contributed by atoms with Gasteiger partial charge in [-0.1, -0.05) is 11.6 Å². The minimum absolute atomic E-state index is 0.543. The highest BCUT2D eigenvalue weighted by molar-refractivity contribution is 7.07. The van der Waals surface area contributed by atoms with Gasteiger partial charge in [0.2, 0.25) is 0 Å². The van der Waals surface area contributed by atoms with Gasteiger partial charge in [-0.25, -0.2) is 9.97 Å². The van der Waals surface area contributed by atoms with Gasteiger partial charge in [0.25, 0.3) is 0 Å². The maximum atomic E-state index is 5.89. The first kappa shape index (κ1) is 8.66. The van der Waals surface area contributed by atoms with Crippen LogP contribution in [0.15, 0.2) is 29.4 Å². The van der Waals surface area contributed by atoms with Crippen LogP contribution in [0, 0.1) is 0 Å². The second kappa shape index (κ2) is 3.85. The lowest BCUT2D eigenvalue weighted by Crippen LogP contribution is -1.90. The molecular weight excluding hydrogens is 204 g/mol. The highest BCUT2D eigenvalue weighted by Crippen LogP contribution is 2.16. The molecule has 2 rings (SSSR count). The van der Waals surface area contributed by atoms with Crippen molar-refractivity contribution in [3.05, 3.63) is 45.6 Å². The minimum atomic E-state index is 0.543. The van der Waals surface area contributed by atoms with E-state index in [4.69, 9.17) is 11.6 Å². The van der Waals surface area contributed by atoms with E-state index >= 15 is 0 Å². The number of rotatable bonds is 2. The molecule has 4 heteroatoms. The van der Waals surface area contributed by atoms with E-state index in [9.17, 15) is 0 Å². The van der Waals surface area contributed by atoms with E-state index in [1.54, 1.807) is 17.5 Å². The van der Waals surface area contributed by atoms with Crippen molar-refractivity contribution in [1.29, 1.82) is 0 Å². The fraction of sp³-hybridized carbons (Fsp3) is 0.111. The molecule has 0 saturated carbocycles. The maximum absolute atomic E-state index is 5.89. The number of hydrogen-bond donors (Lipinski definition) is 0. The van der Waals surface area contributed by atoms with Crippen LogP contribution in [0.4, 0.5) is 0 Å². The lowest BCUT2D eigenvalue weighted by atomic mass is 10.1. The van der Waals surface area contributed by atoms with E-state index in [0.717, 1.165) is 12.0 Å². The topological polar surface area (TPSA) is 25.8 Å². The minimum Gasteiger partial charge on any atom is -0.244 e. The van der Waals surface area contributed by atoms with Crippen molar-refractivity contribution in [2.45, 2.75) is 6.42 Å². The quantitative estimate of drug-likeness (QED) is 0.713. The Morgan fingerprint density at radius 2 is 2.38 bits per heavy atom. The van der Waals surface area contributed by atoms with Crippen LogP contribution in [0.2, 0.25) is 5.15 Å². The van der Waals surface area contributed by atoms with E-state index in [1.807, 2.05) is 5.38 Å². The number of aromatic nitrogens is 2. The van der Waals surface area contributed by atoms with Crippen molar-refractivity contribution in [2.75, 3.05) is 0 Å². The molecule has 0 unspecified atom stereocenters. The number of halogens is 1. The molecule has 0 aliphatic carbocycles. The zero-order valence-corrected chi connectivity index (χ0v) is 8.35. The summed E-state index contributed by atoms with van der Waals surface area (Å²) in [7, 11) is 0. The Hall–Kier alpha value is -0.930. The predicted octanol–water partition coefficient (Wildman–Crippen LogP) is 2.78. The normalized spacial score (nSPS) is 10.2. The van der Waals surface area contributed by atoms with Crippen LogP contribution in [-0.4, -0.2) is 9.97 Å². The summed E-state index contributed by atoms with van der Waals surface area (Å²) in [6, 6.07) is 2.08. The Morgan fingerprint density at radius 3 is 3.08 bits per heavy atom. The van der Waals surface area contributed by atoms with Crippen LogP contribution in [0.5, 0.6) is 0 Å². The van der Waals surface area contributed by atoms with Crippen LogP contribution < -0.4 is 0 Å². The second-order valence-electron chi connectivity index (χ2n) is 2.65. The van der Waals surface area contributed by atoms with Gasteiger partial charge in [-0.2, -0.15) is 11.3 Å². The summed E-state index contributed by atoms with van der Waals surface area (Å²) in [5, 5.41) is 4.69. The summed E-state index contributed by atoms with van der Waals surface area (Å²) < 4.78 is 0. The first-order valence-corrected chi connectivity index (χ1v) is 5.14. The van der Waals surface area contributed by atoms with Crippen LogP contribution >= 0.6 is 22.9 Å². The van der Waals surface area contributed by atoms with Crippen LogP contribution in [0.25, 0.3) is 0 Å². The standard InChI is InChI=1S/C9H7ClN2S/c10-9-8(4-11-6-12-9)3-7-1-2-13-5-7/h1-2,4-6H,3H2. The van der Waals surface area contributed by atoms with E-state index in [2.05, 4.69) is 21.4 Å². The summed E-state index contributed by atoms with van der Waals surface area (Å²) >= 11 is 7.57. The molecule has 0 atom stereocenters. The molecule has 0 amide bonds. The van der Waals surface area contributed by atoms with E-state index in [1.165, 1.54) is 11.9 Å². The van der Waals surface area contributed by atoms with Gasteiger partial charge in [-0.05, 0) is 22.4 Å². The summed E-state index contributed by atoms with van der Waals surface area (Å²) in [6.07, 6.45) is 4.02. The van der Waals surface area contributed by atoms with Gasteiger partial charge in [0, 0.05) is 18.2 Å². The molecule has 0 saturated heterocycles. The predicted molar refractivity (Wildman–Crippen MR) is 54.2 cm³/mol. The van der Waals surface area contributed by atoms with Gasteiger partial charge < -0.3 is 0 Å². The summed E-state index contributed by atoms with van der Waals surface area (Å²) in [4.78, 5) is 7.85. The van der Waals surface area contributed by atoms with E-state index < -0.39 is 0 Å². The van der Waals surface area contributed by atoms with Crippen LogP contribution in [-0.2, 0) is 6.42 Å². The molecule has 13 heavy (non-hydrogen) atoms. The summed E-state index contributed by atoms with van der Waals surface area (Å²) in [6.45, 7) is 0. The molecule has 2 heterocycles. The van der Waals surface area contributed by atoms with Gasteiger partial charge >= 0.3 is 0 Å². The average molecular weight is 211 g/mol. The Balaban J connectivity index is 2.24.